The van der Waals surface area contributed by atoms with Crippen molar-refractivity contribution < 1.29 is 14.6 Å². The minimum atomic E-state index is -0.144. The van der Waals surface area contributed by atoms with E-state index in [0.717, 1.165) is 12.8 Å². The van der Waals surface area contributed by atoms with Crippen molar-refractivity contribution in [2.45, 2.75) is 18.9 Å². The third kappa shape index (κ3) is 2.49. The molecular formula is C13H14O3. The summed E-state index contributed by atoms with van der Waals surface area (Å²) in [5.74, 6) is 0.627. The van der Waals surface area contributed by atoms with Gasteiger partial charge in [-0.05, 0) is 6.42 Å². The smallest absolute Gasteiger partial charge is 0.189 e. The first-order valence-corrected chi connectivity index (χ1v) is 5.37. The maximum Gasteiger partial charge on any atom is 0.189 e. The Bertz CT molecular complexity index is 395. The van der Waals surface area contributed by atoms with E-state index in [0.29, 0.717) is 11.3 Å². The molecule has 1 fully saturated rings. The van der Waals surface area contributed by atoms with E-state index in [9.17, 15) is 4.79 Å². The molecule has 2 rings (SSSR count). The molecule has 3 heteroatoms. The highest BCUT2D eigenvalue weighted by molar-refractivity contribution is 6.04. The Morgan fingerprint density at radius 3 is 2.81 bits per heavy atom. The van der Waals surface area contributed by atoms with Crippen LogP contribution in [-0.2, 0) is 4.74 Å². The number of aliphatic hydroxyl groups excluding tert-OH is 1. The van der Waals surface area contributed by atoms with E-state index in [1.165, 1.54) is 6.08 Å². The van der Waals surface area contributed by atoms with E-state index in [1.54, 1.807) is 12.1 Å². The molecule has 0 aromatic heterocycles. The van der Waals surface area contributed by atoms with E-state index in [-0.39, 0.29) is 18.5 Å². The van der Waals surface area contributed by atoms with Crippen LogP contribution in [0.4, 0.5) is 0 Å². The van der Waals surface area contributed by atoms with Gasteiger partial charge in [0.15, 0.2) is 5.78 Å². The molecule has 0 unspecified atom stereocenters. The third-order valence-electron chi connectivity index (χ3n) is 2.58. The number of carbonyl (C=O) groups excluding carboxylic acids is 1. The number of ether oxygens (including phenoxy) is 1. The van der Waals surface area contributed by atoms with Crippen LogP contribution >= 0.6 is 0 Å². The molecular weight excluding hydrogens is 204 g/mol. The highest BCUT2D eigenvalue weighted by atomic mass is 16.5. The highest BCUT2D eigenvalue weighted by Gasteiger charge is 2.20. The van der Waals surface area contributed by atoms with E-state index >= 15 is 0 Å². The molecule has 1 N–H and O–H groups in total. The Hall–Kier alpha value is -1.61. The minimum Gasteiger partial charge on any atom is -0.492 e. The predicted octanol–water partition coefficient (Wildman–Crippen LogP) is 1.92. The molecule has 0 amide bonds. The van der Waals surface area contributed by atoms with Crippen LogP contribution in [0.5, 0.6) is 0 Å². The summed E-state index contributed by atoms with van der Waals surface area (Å²) >= 11 is 0. The maximum atomic E-state index is 11.8. The quantitative estimate of drug-likeness (QED) is 0.622. The van der Waals surface area contributed by atoms with E-state index in [1.807, 2.05) is 18.2 Å². The molecule has 1 aliphatic heterocycles. The lowest BCUT2D eigenvalue weighted by Crippen LogP contribution is -2.09. The number of ketones is 1. The molecule has 0 spiro atoms. The highest BCUT2D eigenvalue weighted by Crippen LogP contribution is 2.23. The van der Waals surface area contributed by atoms with Crippen molar-refractivity contribution in [2.75, 3.05) is 6.61 Å². The van der Waals surface area contributed by atoms with Crippen LogP contribution in [0.25, 0.3) is 0 Å². The zero-order valence-corrected chi connectivity index (χ0v) is 8.93. The van der Waals surface area contributed by atoms with Crippen molar-refractivity contribution in [2.24, 2.45) is 0 Å². The number of allylic oxidation sites excluding steroid dienone is 2. The fraction of sp³-hybridized carbons (Fsp3) is 0.308. The summed E-state index contributed by atoms with van der Waals surface area (Å²) < 4.78 is 5.39. The number of benzene rings is 1. The molecule has 1 saturated heterocycles. The predicted molar refractivity (Wildman–Crippen MR) is 60.0 cm³/mol. The van der Waals surface area contributed by atoms with Gasteiger partial charge in [-0.15, -0.1) is 0 Å². The molecule has 0 saturated carbocycles. The number of rotatable bonds is 3. The van der Waals surface area contributed by atoms with Crippen molar-refractivity contribution in [3.63, 3.8) is 0 Å². The van der Waals surface area contributed by atoms with Crippen molar-refractivity contribution in [3.05, 3.63) is 47.7 Å². The number of carbonyl (C=O) groups is 1. The molecule has 1 aliphatic rings. The van der Waals surface area contributed by atoms with Crippen LogP contribution in [-0.4, -0.2) is 23.6 Å². The van der Waals surface area contributed by atoms with Crippen LogP contribution in [0.2, 0.25) is 0 Å². The van der Waals surface area contributed by atoms with Gasteiger partial charge >= 0.3 is 0 Å². The first-order valence-electron chi connectivity index (χ1n) is 5.37. The Labute approximate surface area is 94.4 Å². The second-order valence-electron chi connectivity index (χ2n) is 3.80. The van der Waals surface area contributed by atoms with Gasteiger partial charge in [0.1, 0.15) is 11.9 Å². The zero-order chi connectivity index (χ0) is 11.4. The van der Waals surface area contributed by atoms with E-state index in [4.69, 9.17) is 9.84 Å². The Balaban J connectivity index is 2.05. The standard InChI is InChI=1S/C13H14O3/c14-9-12-7-6-11(16-12)8-13(15)10-4-2-1-3-5-10/h1-5,8,12,14H,6-7,9H2/b11-8+/t12-/m1/s1. The van der Waals surface area contributed by atoms with Gasteiger partial charge in [-0.1, -0.05) is 30.3 Å². The third-order valence-corrected chi connectivity index (χ3v) is 2.58. The van der Waals surface area contributed by atoms with Gasteiger partial charge in [-0.25, -0.2) is 0 Å². The van der Waals surface area contributed by atoms with Crippen LogP contribution in [0, 0.1) is 0 Å². The molecule has 0 bridgehead atoms. The fourth-order valence-electron chi connectivity index (χ4n) is 1.70. The lowest BCUT2D eigenvalue weighted by Gasteiger charge is -2.05. The van der Waals surface area contributed by atoms with Crippen molar-refractivity contribution >= 4 is 5.78 Å². The summed E-state index contributed by atoms with van der Waals surface area (Å²) in [5, 5.41) is 8.90. The summed E-state index contributed by atoms with van der Waals surface area (Å²) in [6.45, 7) is 0.0108. The molecule has 84 valence electrons. The topological polar surface area (TPSA) is 46.5 Å². The second kappa shape index (κ2) is 4.94. The van der Waals surface area contributed by atoms with Gasteiger partial charge < -0.3 is 9.84 Å². The zero-order valence-electron chi connectivity index (χ0n) is 8.93. The molecule has 1 atom stereocenters. The van der Waals surface area contributed by atoms with Crippen molar-refractivity contribution in [1.29, 1.82) is 0 Å². The van der Waals surface area contributed by atoms with Crippen molar-refractivity contribution in [1.82, 2.24) is 0 Å². The van der Waals surface area contributed by atoms with Gasteiger partial charge in [-0.2, -0.15) is 0 Å². The molecule has 1 heterocycles. The SMILES string of the molecule is O=C(/C=C1\CC[C@H](CO)O1)c1ccccc1. The fourth-order valence-corrected chi connectivity index (χ4v) is 1.70. The Kier molecular flexibility index (Phi) is 3.37. The number of hydrogen-bond acceptors (Lipinski definition) is 3. The molecule has 3 nitrogen and oxygen atoms in total. The maximum absolute atomic E-state index is 11.8. The summed E-state index contributed by atoms with van der Waals surface area (Å²) in [6, 6.07) is 9.09. The van der Waals surface area contributed by atoms with Crippen LogP contribution in [0.1, 0.15) is 23.2 Å². The lowest BCUT2D eigenvalue weighted by atomic mass is 10.1. The van der Waals surface area contributed by atoms with Gasteiger partial charge in [-0.3, -0.25) is 4.79 Å². The number of aliphatic hydroxyl groups is 1. The summed E-state index contributed by atoms with van der Waals surface area (Å²) in [5.41, 5.74) is 0.658. The number of hydrogen-bond donors (Lipinski definition) is 1. The van der Waals surface area contributed by atoms with E-state index in [2.05, 4.69) is 0 Å². The van der Waals surface area contributed by atoms with Gasteiger partial charge in [0.25, 0.3) is 0 Å². The first-order chi connectivity index (χ1) is 7.79. The van der Waals surface area contributed by atoms with Crippen LogP contribution in [0.3, 0.4) is 0 Å². The molecule has 0 radical (unpaired) electrons. The minimum absolute atomic E-state index is 0.0108. The Morgan fingerprint density at radius 2 is 2.19 bits per heavy atom. The van der Waals surface area contributed by atoms with Gasteiger partial charge in [0, 0.05) is 18.1 Å². The first kappa shape index (κ1) is 10.9. The molecule has 0 aliphatic carbocycles. The summed E-state index contributed by atoms with van der Waals surface area (Å²) in [6.07, 6.45) is 2.88. The van der Waals surface area contributed by atoms with Gasteiger partial charge in [0.05, 0.1) is 6.61 Å². The normalized spacial score (nSPS) is 22.1. The molecule has 1 aromatic carbocycles. The molecule has 1 aromatic rings. The lowest BCUT2D eigenvalue weighted by molar-refractivity contribution is 0.0888. The van der Waals surface area contributed by atoms with E-state index < -0.39 is 0 Å². The van der Waals surface area contributed by atoms with Gasteiger partial charge in [0.2, 0.25) is 0 Å². The molecule has 16 heavy (non-hydrogen) atoms. The average molecular weight is 218 g/mol. The summed E-state index contributed by atoms with van der Waals surface area (Å²) in [7, 11) is 0. The second-order valence-corrected chi connectivity index (χ2v) is 3.80. The van der Waals surface area contributed by atoms with Crippen LogP contribution in [0.15, 0.2) is 42.2 Å². The monoisotopic (exact) mass is 218 g/mol. The van der Waals surface area contributed by atoms with Crippen molar-refractivity contribution in [3.8, 4) is 0 Å². The van der Waals surface area contributed by atoms with Crippen LogP contribution < -0.4 is 0 Å². The largest absolute Gasteiger partial charge is 0.492 e. The average Bonchev–Trinajstić information content (AvgIpc) is 2.78. The Morgan fingerprint density at radius 1 is 1.44 bits per heavy atom. The summed E-state index contributed by atoms with van der Waals surface area (Å²) in [4.78, 5) is 11.8.